The van der Waals surface area contributed by atoms with E-state index in [9.17, 15) is 18.4 Å². The van der Waals surface area contributed by atoms with E-state index in [0.29, 0.717) is 18.5 Å². The predicted molar refractivity (Wildman–Crippen MR) is 89.7 cm³/mol. The SMILES string of the molecule is C#CCNC(=O)CNC(=O)c1nn(-c2ccc(F)c(F)c2)c2c1CCC2. The number of aromatic nitrogens is 2. The van der Waals surface area contributed by atoms with Crippen LogP contribution >= 0.6 is 0 Å². The lowest BCUT2D eigenvalue weighted by Gasteiger charge is -2.06. The molecule has 1 heterocycles. The van der Waals surface area contributed by atoms with Crippen LogP contribution < -0.4 is 10.6 Å². The Kier molecular flexibility index (Phi) is 4.98. The molecule has 2 aromatic rings. The first-order valence-corrected chi connectivity index (χ1v) is 8.06. The number of carbonyl (C=O) groups is 2. The third-order valence-corrected chi connectivity index (χ3v) is 4.09. The molecule has 8 heteroatoms. The molecule has 0 spiro atoms. The van der Waals surface area contributed by atoms with E-state index < -0.39 is 23.4 Å². The summed E-state index contributed by atoms with van der Waals surface area (Å²) in [5, 5.41) is 9.20. The fourth-order valence-electron chi connectivity index (χ4n) is 2.91. The first kappa shape index (κ1) is 17.6. The Bertz CT molecular complexity index is 915. The lowest BCUT2D eigenvalue weighted by Crippen LogP contribution is -2.37. The van der Waals surface area contributed by atoms with Gasteiger partial charge >= 0.3 is 0 Å². The van der Waals surface area contributed by atoms with Gasteiger partial charge in [0.2, 0.25) is 5.91 Å². The molecule has 0 fully saturated rings. The number of nitrogens with zero attached hydrogens (tertiary/aromatic N) is 2. The van der Waals surface area contributed by atoms with Crippen LogP contribution in [0.2, 0.25) is 0 Å². The molecule has 1 aliphatic carbocycles. The molecule has 1 aromatic heterocycles. The van der Waals surface area contributed by atoms with Gasteiger partial charge in [-0.3, -0.25) is 9.59 Å². The topological polar surface area (TPSA) is 76.0 Å². The highest BCUT2D eigenvalue weighted by molar-refractivity contribution is 5.96. The second kappa shape index (κ2) is 7.35. The van der Waals surface area contributed by atoms with Gasteiger partial charge in [-0.25, -0.2) is 13.5 Å². The van der Waals surface area contributed by atoms with Crippen molar-refractivity contribution < 1.29 is 18.4 Å². The van der Waals surface area contributed by atoms with Crippen molar-refractivity contribution in [2.24, 2.45) is 0 Å². The number of hydrogen-bond donors (Lipinski definition) is 2. The maximum absolute atomic E-state index is 13.5. The lowest BCUT2D eigenvalue weighted by molar-refractivity contribution is -0.119. The first-order chi connectivity index (χ1) is 12.5. The fourth-order valence-corrected chi connectivity index (χ4v) is 2.91. The van der Waals surface area contributed by atoms with Crippen molar-refractivity contribution in [3.8, 4) is 18.0 Å². The van der Waals surface area contributed by atoms with E-state index in [1.54, 1.807) is 0 Å². The summed E-state index contributed by atoms with van der Waals surface area (Å²) >= 11 is 0. The Morgan fingerprint density at radius 1 is 1.23 bits per heavy atom. The van der Waals surface area contributed by atoms with Crippen molar-refractivity contribution >= 4 is 11.8 Å². The summed E-state index contributed by atoms with van der Waals surface area (Å²) in [7, 11) is 0. The van der Waals surface area contributed by atoms with E-state index in [1.165, 1.54) is 10.7 Å². The van der Waals surface area contributed by atoms with Crippen LogP contribution in [0.15, 0.2) is 18.2 Å². The van der Waals surface area contributed by atoms with E-state index >= 15 is 0 Å². The molecular formula is C18H16F2N4O2. The molecule has 0 bridgehead atoms. The van der Waals surface area contributed by atoms with Gasteiger partial charge in [-0.2, -0.15) is 5.10 Å². The van der Waals surface area contributed by atoms with Gasteiger partial charge in [0.25, 0.3) is 5.91 Å². The van der Waals surface area contributed by atoms with Crippen molar-refractivity contribution in [2.75, 3.05) is 13.1 Å². The van der Waals surface area contributed by atoms with Crippen molar-refractivity contribution in [3.05, 3.63) is 46.8 Å². The van der Waals surface area contributed by atoms with Gasteiger partial charge in [0.15, 0.2) is 17.3 Å². The van der Waals surface area contributed by atoms with Crippen LogP contribution in [-0.4, -0.2) is 34.7 Å². The van der Waals surface area contributed by atoms with E-state index in [1.807, 2.05) is 0 Å². The molecule has 0 saturated carbocycles. The van der Waals surface area contributed by atoms with Crippen molar-refractivity contribution in [3.63, 3.8) is 0 Å². The van der Waals surface area contributed by atoms with Gasteiger partial charge in [0.05, 0.1) is 18.8 Å². The average Bonchev–Trinajstić information content (AvgIpc) is 3.22. The zero-order valence-corrected chi connectivity index (χ0v) is 13.8. The van der Waals surface area contributed by atoms with E-state index in [0.717, 1.165) is 29.8 Å². The Morgan fingerprint density at radius 2 is 2.04 bits per heavy atom. The maximum atomic E-state index is 13.5. The highest BCUT2D eigenvalue weighted by atomic mass is 19.2. The minimum Gasteiger partial charge on any atom is -0.344 e. The quantitative estimate of drug-likeness (QED) is 0.787. The fraction of sp³-hybridized carbons (Fsp3) is 0.278. The van der Waals surface area contributed by atoms with Crippen molar-refractivity contribution in [1.29, 1.82) is 0 Å². The number of hydrogen-bond acceptors (Lipinski definition) is 3. The van der Waals surface area contributed by atoms with E-state index in [2.05, 4.69) is 21.7 Å². The lowest BCUT2D eigenvalue weighted by atomic mass is 10.2. The Hall–Kier alpha value is -3.21. The minimum absolute atomic E-state index is 0.0782. The van der Waals surface area contributed by atoms with Crippen LogP contribution in [0.4, 0.5) is 8.78 Å². The number of carbonyl (C=O) groups excluding carboxylic acids is 2. The number of nitrogens with one attached hydrogen (secondary N) is 2. The van der Waals surface area contributed by atoms with Crippen LogP contribution in [0.1, 0.15) is 28.2 Å². The third-order valence-electron chi connectivity index (χ3n) is 4.09. The molecule has 2 N–H and O–H groups in total. The Labute approximate surface area is 148 Å². The first-order valence-electron chi connectivity index (χ1n) is 8.06. The number of amides is 2. The molecule has 0 aliphatic heterocycles. The van der Waals surface area contributed by atoms with Gasteiger partial charge in [0, 0.05) is 17.3 Å². The number of halogens is 2. The van der Waals surface area contributed by atoms with Crippen LogP contribution in [0.3, 0.4) is 0 Å². The highest BCUT2D eigenvalue weighted by Crippen LogP contribution is 2.28. The molecule has 1 aliphatic rings. The summed E-state index contributed by atoms with van der Waals surface area (Å²) in [6.07, 6.45) is 7.22. The van der Waals surface area contributed by atoms with Crippen LogP contribution in [0, 0.1) is 24.0 Å². The minimum atomic E-state index is -0.985. The van der Waals surface area contributed by atoms with Gasteiger partial charge in [0.1, 0.15) is 0 Å². The Balaban J connectivity index is 1.83. The van der Waals surface area contributed by atoms with Gasteiger partial charge in [-0.1, -0.05) is 5.92 Å². The molecule has 134 valence electrons. The summed E-state index contributed by atoms with van der Waals surface area (Å²) in [6, 6.07) is 3.46. The van der Waals surface area contributed by atoms with E-state index in [-0.39, 0.29) is 18.8 Å². The predicted octanol–water partition coefficient (Wildman–Crippen LogP) is 1.12. The number of benzene rings is 1. The summed E-state index contributed by atoms with van der Waals surface area (Å²) in [5.41, 5.74) is 2.08. The summed E-state index contributed by atoms with van der Waals surface area (Å²) in [6.45, 7) is -0.151. The standard InChI is InChI=1S/C18H16F2N4O2/c1-2-8-21-16(25)10-22-18(26)17-12-4-3-5-15(12)24(23-17)11-6-7-13(19)14(20)9-11/h1,6-7,9H,3-5,8,10H2,(H,21,25)(H,22,26). The summed E-state index contributed by atoms with van der Waals surface area (Å²) in [5.74, 6) is -0.580. The number of terminal acetylenes is 1. The van der Waals surface area contributed by atoms with Crippen LogP contribution in [0.5, 0.6) is 0 Å². The smallest absolute Gasteiger partial charge is 0.272 e. The molecule has 0 unspecified atom stereocenters. The molecule has 0 saturated heterocycles. The van der Waals surface area contributed by atoms with Gasteiger partial charge < -0.3 is 10.6 Å². The second-order valence-corrected chi connectivity index (χ2v) is 5.80. The molecule has 26 heavy (non-hydrogen) atoms. The average molecular weight is 358 g/mol. The van der Waals surface area contributed by atoms with E-state index in [4.69, 9.17) is 6.42 Å². The van der Waals surface area contributed by atoms with Crippen molar-refractivity contribution in [1.82, 2.24) is 20.4 Å². The second-order valence-electron chi connectivity index (χ2n) is 5.80. The molecule has 2 amide bonds. The van der Waals surface area contributed by atoms with Gasteiger partial charge in [-0.15, -0.1) is 6.42 Å². The third kappa shape index (κ3) is 3.42. The zero-order valence-electron chi connectivity index (χ0n) is 13.8. The normalized spacial score (nSPS) is 12.3. The largest absolute Gasteiger partial charge is 0.344 e. The molecule has 0 atom stereocenters. The Morgan fingerprint density at radius 3 is 2.77 bits per heavy atom. The molecular weight excluding hydrogens is 342 g/mol. The van der Waals surface area contributed by atoms with Crippen LogP contribution in [-0.2, 0) is 17.6 Å². The summed E-state index contributed by atoms with van der Waals surface area (Å²) in [4.78, 5) is 24.0. The highest BCUT2D eigenvalue weighted by Gasteiger charge is 2.27. The molecule has 1 aromatic carbocycles. The summed E-state index contributed by atoms with van der Waals surface area (Å²) < 4.78 is 28.2. The maximum Gasteiger partial charge on any atom is 0.272 e. The van der Waals surface area contributed by atoms with Crippen molar-refractivity contribution in [2.45, 2.75) is 19.3 Å². The molecule has 6 nitrogen and oxygen atoms in total. The zero-order chi connectivity index (χ0) is 18.7. The molecule has 3 rings (SSSR count). The molecule has 0 radical (unpaired) electrons. The van der Waals surface area contributed by atoms with Crippen LogP contribution in [0.25, 0.3) is 5.69 Å². The number of rotatable bonds is 5. The monoisotopic (exact) mass is 358 g/mol. The van der Waals surface area contributed by atoms with Gasteiger partial charge in [-0.05, 0) is 31.4 Å². The number of fused-ring (bicyclic) bond motifs is 1.